The zero-order valence-electron chi connectivity index (χ0n) is 10.1. The summed E-state index contributed by atoms with van der Waals surface area (Å²) in [5.41, 5.74) is 5.46. The molecule has 1 rings (SSSR count). The molecule has 0 aromatic heterocycles. The Morgan fingerprint density at radius 3 is 2.47 bits per heavy atom. The number of nitrogens with two attached hydrogens (primary N) is 1. The van der Waals surface area contributed by atoms with Gasteiger partial charge in [-0.25, -0.2) is 4.79 Å². The molecule has 3 N–H and O–H groups in total. The molecule has 6 heteroatoms. The van der Waals surface area contributed by atoms with Crippen molar-refractivity contribution < 1.29 is 24.2 Å². The second-order valence-electron chi connectivity index (χ2n) is 4.63. The van der Waals surface area contributed by atoms with Crippen LogP contribution in [0, 0.1) is 0 Å². The van der Waals surface area contributed by atoms with Crippen molar-refractivity contribution in [3.63, 3.8) is 0 Å². The van der Waals surface area contributed by atoms with Gasteiger partial charge in [0.15, 0.2) is 5.79 Å². The van der Waals surface area contributed by atoms with E-state index in [0.717, 1.165) is 0 Å². The first-order chi connectivity index (χ1) is 7.84. The first-order valence-corrected chi connectivity index (χ1v) is 5.66. The van der Waals surface area contributed by atoms with E-state index in [4.69, 9.17) is 20.3 Å². The summed E-state index contributed by atoms with van der Waals surface area (Å²) in [5.74, 6) is -3.06. The molecule has 2 atom stereocenters. The number of hydrogen-bond acceptors (Lipinski definition) is 5. The minimum atomic E-state index is -1.42. The number of aliphatic carboxylic acids is 1. The van der Waals surface area contributed by atoms with Gasteiger partial charge in [-0.1, -0.05) is 0 Å². The van der Waals surface area contributed by atoms with E-state index in [1.165, 1.54) is 0 Å². The van der Waals surface area contributed by atoms with E-state index in [9.17, 15) is 9.59 Å². The predicted molar refractivity (Wildman–Crippen MR) is 59.4 cm³/mol. The van der Waals surface area contributed by atoms with Gasteiger partial charge in [0.25, 0.3) is 0 Å². The smallest absolute Gasteiger partial charge is 0.372 e. The highest BCUT2D eigenvalue weighted by molar-refractivity contribution is 6.32. The van der Waals surface area contributed by atoms with Crippen molar-refractivity contribution in [2.75, 3.05) is 6.54 Å². The quantitative estimate of drug-likeness (QED) is 0.675. The molecule has 0 bridgehead atoms. The third-order valence-electron chi connectivity index (χ3n) is 2.57. The van der Waals surface area contributed by atoms with Crippen molar-refractivity contribution in [2.45, 2.75) is 51.1 Å². The summed E-state index contributed by atoms with van der Waals surface area (Å²) in [7, 11) is 0. The molecule has 0 spiro atoms. The Balaban J connectivity index is 2.60. The number of carboxylic acid groups (broad SMARTS) is 1. The second kappa shape index (κ2) is 5.57. The van der Waals surface area contributed by atoms with Crippen molar-refractivity contribution in [3.05, 3.63) is 0 Å². The maximum absolute atomic E-state index is 11.1. The predicted octanol–water partition coefficient (Wildman–Crippen LogP) is 0.289. The SMILES string of the molecule is CC1(C)O[C@H](CCN)C[C@H](CC(=O)C(=O)O)O1. The molecule has 0 amide bonds. The van der Waals surface area contributed by atoms with Crippen LogP contribution < -0.4 is 5.73 Å². The number of Topliss-reactive ketones (excluding diaryl/α,β-unsaturated/α-hetero) is 1. The Kier molecular flexibility index (Phi) is 4.62. The number of carbonyl (C=O) groups is 2. The highest BCUT2D eigenvalue weighted by atomic mass is 16.7. The molecule has 1 aliphatic heterocycles. The van der Waals surface area contributed by atoms with Crippen molar-refractivity contribution in [1.29, 1.82) is 0 Å². The van der Waals surface area contributed by atoms with Crippen molar-refractivity contribution >= 4 is 11.8 Å². The molecule has 1 fully saturated rings. The van der Waals surface area contributed by atoms with Gasteiger partial charge < -0.3 is 20.3 Å². The molecule has 0 radical (unpaired) electrons. The van der Waals surface area contributed by atoms with Crippen molar-refractivity contribution in [2.24, 2.45) is 5.73 Å². The zero-order chi connectivity index (χ0) is 13.1. The Labute approximate surface area is 100 Å². The van der Waals surface area contributed by atoms with Crippen LogP contribution in [0.15, 0.2) is 0 Å². The fourth-order valence-corrected chi connectivity index (χ4v) is 2.00. The second-order valence-corrected chi connectivity index (χ2v) is 4.63. The van der Waals surface area contributed by atoms with Crippen molar-refractivity contribution in [1.82, 2.24) is 0 Å². The molecular formula is C11H19NO5. The molecule has 0 unspecified atom stereocenters. The van der Waals surface area contributed by atoms with Crippen LogP contribution in [0.4, 0.5) is 0 Å². The lowest BCUT2D eigenvalue weighted by Gasteiger charge is -2.40. The van der Waals surface area contributed by atoms with Gasteiger partial charge in [0.1, 0.15) is 0 Å². The van der Waals surface area contributed by atoms with Crippen LogP contribution in [0.5, 0.6) is 0 Å². The third kappa shape index (κ3) is 4.41. The first kappa shape index (κ1) is 14.1. The van der Waals surface area contributed by atoms with E-state index in [0.29, 0.717) is 19.4 Å². The average molecular weight is 245 g/mol. The van der Waals surface area contributed by atoms with Gasteiger partial charge in [-0.3, -0.25) is 4.79 Å². The molecule has 98 valence electrons. The number of ketones is 1. The van der Waals surface area contributed by atoms with Gasteiger partial charge in [0, 0.05) is 12.8 Å². The van der Waals surface area contributed by atoms with Crippen LogP contribution in [-0.4, -0.2) is 41.4 Å². The van der Waals surface area contributed by atoms with Gasteiger partial charge in [-0.05, 0) is 26.8 Å². The van der Waals surface area contributed by atoms with Gasteiger partial charge in [-0.2, -0.15) is 0 Å². The number of carbonyl (C=O) groups excluding carboxylic acids is 1. The van der Waals surface area contributed by atoms with E-state index in [1.54, 1.807) is 13.8 Å². The van der Waals surface area contributed by atoms with E-state index in [1.807, 2.05) is 0 Å². The number of hydrogen-bond donors (Lipinski definition) is 2. The molecular weight excluding hydrogens is 226 g/mol. The van der Waals surface area contributed by atoms with E-state index in [-0.39, 0.29) is 12.5 Å². The van der Waals surface area contributed by atoms with Gasteiger partial charge in [-0.15, -0.1) is 0 Å². The highest BCUT2D eigenvalue weighted by Gasteiger charge is 2.36. The zero-order valence-corrected chi connectivity index (χ0v) is 10.1. The molecule has 17 heavy (non-hydrogen) atoms. The Morgan fingerprint density at radius 1 is 1.35 bits per heavy atom. The summed E-state index contributed by atoms with van der Waals surface area (Å²) in [4.78, 5) is 21.6. The molecule has 0 saturated carbocycles. The van der Waals surface area contributed by atoms with Gasteiger partial charge >= 0.3 is 5.97 Å². The van der Waals surface area contributed by atoms with Gasteiger partial charge in [0.2, 0.25) is 5.78 Å². The maximum atomic E-state index is 11.1. The lowest BCUT2D eigenvalue weighted by atomic mass is 10.0. The standard InChI is InChI=1S/C11H19NO5/c1-11(2)16-7(3-4-12)5-8(17-11)6-9(13)10(14)15/h7-8H,3-6,12H2,1-2H3,(H,14,15)/t7-,8-/m1/s1. The lowest BCUT2D eigenvalue weighted by Crippen LogP contribution is -2.46. The highest BCUT2D eigenvalue weighted by Crippen LogP contribution is 2.29. The number of ether oxygens (including phenoxy) is 2. The molecule has 0 aliphatic carbocycles. The Hall–Kier alpha value is -0.980. The van der Waals surface area contributed by atoms with E-state index < -0.39 is 23.6 Å². The fraction of sp³-hybridized carbons (Fsp3) is 0.818. The van der Waals surface area contributed by atoms with E-state index in [2.05, 4.69) is 0 Å². The monoisotopic (exact) mass is 245 g/mol. The molecule has 0 aromatic rings. The largest absolute Gasteiger partial charge is 0.475 e. The summed E-state index contributed by atoms with van der Waals surface area (Å²) in [5, 5.41) is 8.56. The molecule has 1 aliphatic rings. The summed E-state index contributed by atoms with van der Waals surface area (Å²) in [6, 6.07) is 0. The minimum absolute atomic E-state index is 0.0876. The fourth-order valence-electron chi connectivity index (χ4n) is 2.00. The first-order valence-electron chi connectivity index (χ1n) is 5.66. The maximum Gasteiger partial charge on any atom is 0.372 e. The number of carboxylic acids is 1. The van der Waals surface area contributed by atoms with Crippen LogP contribution in [0.25, 0.3) is 0 Å². The topological polar surface area (TPSA) is 98.9 Å². The van der Waals surface area contributed by atoms with E-state index >= 15 is 0 Å². The summed E-state index contributed by atoms with van der Waals surface area (Å²) in [6.07, 6.45) is 0.544. The van der Waals surface area contributed by atoms with Crippen LogP contribution in [-0.2, 0) is 19.1 Å². The van der Waals surface area contributed by atoms with Crippen LogP contribution in [0.1, 0.15) is 33.1 Å². The molecule has 1 saturated heterocycles. The van der Waals surface area contributed by atoms with Crippen LogP contribution >= 0.6 is 0 Å². The molecule has 6 nitrogen and oxygen atoms in total. The van der Waals surface area contributed by atoms with Gasteiger partial charge in [0.05, 0.1) is 12.2 Å². The lowest BCUT2D eigenvalue weighted by molar-refractivity contribution is -0.299. The van der Waals surface area contributed by atoms with Crippen molar-refractivity contribution in [3.8, 4) is 0 Å². The van der Waals surface area contributed by atoms with Crippen LogP contribution in [0.2, 0.25) is 0 Å². The molecule has 0 aromatic carbocycles. The van der Waals surface area contributed by atoms with Crippen LogP contribution in [0.3, 0.4) is 0 Å². The summed E-state index contributed by atoms with van der Waals surface area (Å²) >= 11 is 0. The Bertz CT molecular complexity index is 302. The normalized spacial score (nSPS) is 27.7. The minimum Gasteiger partial charge on any atom is -0.475 e. The summed E-state index contributed by atoms with van der Waals surface area (Å²) < 4.78 is 11.1. The number of rotatable bonds is 5. The summed E-state index contributed by atoms with van der Waals surface area (Å²) in [6.45, 7) is 3.97. The Morgan fingerprint density at radius 2 is 1.94 bits per heavy atom. The molecule has 1 heterocycles. The third-order valence-corrected chi connectivity index (χ3v) is 2.57. The average Bonchev–Trinajstić information content (AvgIpc) is 2.15.